The van der Waals surface area contributed by atoms with Gasteiger partial charge >= 0.3 is 0 Å². The van der Waals surface area contributed by atoms with E-state index in [9.17, 15) is 4.79 Å². The number of nitrogens with zero attached hydrogens (tertiary/aromatic N) is 1. The van der Waals surface area contributed by atoms with Gasteiger partial charge in [0.2, 0.25) is 5.91 Å². The molecule has 0 fully saturated rings. The maximum Gasteiger partial charge on any atom is 0.239 e. The Bertz CT molecular complexity index is 379. The van der Waals surface area contributed by atoms with E-state index in [0.717, 1.165) is 17.1 Å². The van der Waals surface area contributed by atoms with Crippen molar-refractivity contribution < 1.29 is 4.79 Å². The van der Waals surface area contributed by atoms with Gasteiger partial charge in [-0.05, 0) is 13.8 Å². The normalized spacial score (nSPS) is 11.9. The number of carbonyl (C=O) groups is 1. The standard InChI is InChI=1S/C12H21N3OS/c1-8(2)10-15-9(7-17-10)5-6-14-11(16)12(3,4)13/h7-8H,5-6,13H2,1-4H3,(H,14,16). The summed E-state index contributed by atoms with van der Waals surface area (Å²) in [6.07, 6.45) is 0.755. The molecule has 0 atom stereocenters. The lowest BCUT2D eigenvalue weighted by Gasteiger charge is -2.17. The number of nitrogens with two attached hydrogens (primary N) is 1. The molecule has 1 aromatic rings. The SMILES string of the molecule is CC(C)c1nc(CCNC(=O)C(C)(C)N)cs1. The minimum atomic E-state index is -0.814. The zero-order chi connectivity index (χ0) is 13.1. The molecule has 3 N–H and O–H groups in total. The van der Waals surface area contributed by atoms with Crippen molar-refractivity contribution in [1.82, 2.24) is 10.3 Å². The zero-order valence-electron chi connectivity index (χ0n) is 10.9. The van der Waals surface area contributed by atoms with E-state index in [4.69, 9.17) is 5.73 Å². The van der Waals surface area contributed by atoms with Crippen LogP contribution in [0.4, 0.5) is 0 Å². The van der Waals surface area contributed by atoms with Gasteiger partial charge in [0.15, 0.2) is 0 Å². The predicted octanol–water partition coefficient (Wildman–Crippen LogP) is 1.66. The van der Waals surface area contributed by atoms with Crippen LogP contribution in [0.15, 0.2) is 5.38 Å². The highest BCUT2D eigenvalue weighted by Crippen LogP contribution is 2.19. The molecule has 1 heterocycles. The zero-order valence-corrected chi connectivity index (χ0v) is 11.7. The second-order valence-corrected chi connectivity index (χ2v) is 5.95. The fourth-order valence-electron chi connectivity index (χ4n) is 1.23. The van der Waals surface area contributed by atoms with Crippen molar-refractivity contribution in [2.24, 2.45) is 5.73 Å². The van der Waals surface area contributed by atoms with Crippen molar-refractivity contribution >= 4 is 17.2 Å². The summed E-state index contributed by atoms with van der Waals surface area (Å²) in [5, 5.41) is 6.00. The molecule has 1 aromatic heterocycles. The third-order valence-corrected chi connectivity index (χ3v) is 3.51. The second-order valence-electron chi connectivity index (χ2n) is 5.06. The Kier molecular flexibility index (Phi) is 4.65. The van der Waals surface area contributed by atoms with Crippen LogP contribution in [0.1, 0.15) is 44.3 Å². The summed E-state index contributed by atoms with van der Waals surface area (Å²) in [7, 11) is 0. The number of carbonyl (C=O) groups excluding carboxylic acids is 1. The molecule has 0 saturated carbocycles. The van der Waals surface area contributed by atoms with E-state index in [1.165, 1.54) is 0 Å². The van der Waals surface area contributed by atoms with Gasteiger partial charge in [-0.2, -0.15) is 0 Å². The smallest absolute Gasteiger partial charge is 0.239 e. The van der Waals surface area contributed by atoms with Crippen molar-refractivity contribution in [2.45, 2.75) is 45.6 Å². The first-order chi connectivity index (χ1) is 7.80. The Morgan fingerprint density at radius 2 is 2.24 bits per heavy atom. The molecule has 5 heteroatoms. The number of hydrogen-bond acceptors (Lipinski definition) is 4. The summed E-state index contributed by atoms with van der Waals surface area (Å²) < 4.78 is 0. The van der Waals surface area contributed by atoms with Gasteiger partial charge < -0.3 is 11.1 Å². The van der Waals surface area contributed by atoms with Crippen LogP contribution < -0.4 is 11.1 Å². The van der Waals surface area contributed by atoms with E-state index in [1.54, 1.807) is 25.2 Å². The molecule has 0 radical (unpaired) electrons. The fourth-order valence-corrected chi connectivity index (χ4v) is 2.10. The quantitative estimate of drug-likeness (QED) is 0.841. The highest BCUT2D eigenvalue weighted by atomic mass is 32.1. The molecule has 0 unspecified atom stereocenters. The Balaban J connectivity index is 2.38. The van der Waals surface area contributed by atoms with Crippen molar-refractivity contribution in [3.63, 3.8) is 0 Å². The monoisotopic (exact) mass is 255 g/mol. The summed E-state index contributed by atoms with van der Waals surface area (Å²) in [6.45, 7) is 8.23. The lowest BCUT2D eigenvalue weighted by Crippen LogP contribution is -2.49. The summed E-state index contributed by atoms with van der Waals surface area (Å²) in [4.78, 5) is 16.0. The first kappa shape index (κ1) is 14.1. The van der Waals surface area contributed by atoms with Crippen LogP contribution in [0.2, 0.25) is 0 Å². The lowest BCUT2D eigenvalue weighted by atomic mass is 10.1. The van der Waals surface area contributed by atoms with Crippen LogP contribution in [-0.4, -0.2) is 23.0 Å². The summed E-state index contributed by atoms with van der Waals surface area (Å²) >= 11 is 1.67. The Hall–Kier alpha value is -0.940. The number of amides is 1. The summed E-state index contributed by atoms with van der Waals surface area (Å²) in [5.41, 5.74) is 5.90. The molecule has 0 aliphatic rings. The molecule has 0 aliphatic carbocycles. The highest BCUT2D eigenvalue weighted by Gasteiger charge is 2.20. The maximum atomic E-state index is 11.5. The van der Waals surface area contributed by atoms with Gasteiger partial charge in [-0.3, -0.25) is 4.79 Å². The van der Waals surface area contributed by atoms with Crippen molar-refractivity contribution in [1.29, 1.82) is 0 Å². The van der Waals surface area contributed by atoms with Gasteiger partial charge in [0.1, 0.15) is 0 Å². The molecule has 96 valence electrons. The molecular weight excluding hydrogens is 234 g/mol. The number of thiazole rings is 1. The Labute approximate surface area is 107 Å². The van der Waals surface area contributed by atoms with Crippen LogP contribution in [0.25, 0.3) is 0 Å². The molecule has 0 bridgehead atoms. The number of hydrogen-bond donors (Lipinski definition) is 2. The molecule has 17 heavy (non-hydrogen) atoms. The van der Waals surface area contributed by atoms with E-state index in [2.05, 4.69) is 29.5 Å². The van der Waals surface area contributed by atoms with E-state index in [-0.39, 0.29) is 5.91 Å². The largest absolute Gasteiger partial charge is 0.354 e. The highest BCUT2D eigenvalue weighted by molar-refractivity contribution is 7.09. The molecule has 0 spiro atoms. The van der Waals surface area contributed by atoms with E-state index in [1.807, 2.05) is 0 Å². The van der Waals surface area contributed by atoms with Crippen LogP contribution in [0, 0.1) is 0 Å². The van der Waals surface area contributed by atoms with Crippen molar-refractivity contribution in [3.8, 4) is 0 Å². The molecule has 0 aromatic carbocycles. The molecule has 0 saturated heterocycles. The van der Waals surface area contributed by atoms with Gasteiger partial charge in [-0.25, -0.2) is 4.98 Å². The maximum absolute atomic E-state index is 11.5. The Morgan fingerprint density at radius 3 is 2.71 bits per heavy atom. The van der Waals surface area contributed by atoms with E-state index < -0.39 is 5.54 Å². The van der Waals surface area contributed by atoms with Crippen LogP contribution in [0.3, 0.4) is 0 Å². The average molecular weight is 255 g/mol. The van der Waals surface area contributed by atoms with Gasteiger partial charge in [0.05, 0.1) is 16.2 Å². The molecule has 1 rings (SSSR count). The van der Waals surface area contributed by atoms with E-state index >= 15 is 0 Å². The average Bonchev–Trinajstić information content (AvgIpc) is 2.64. The molecule has 1 amide bonds. The van der Waals surface area contributed by atoms with Gasteiger partial charge in [-0.15, -0.1) is 11.3 Å². The third kappa shape index (κ3) is 4.44. The van der Waals surface area contributed by atoms with Crippen LogP contribution in [0.5, 0.6) is 0 Å². The number of aromatic nitrogens is 1. The fraction of sp³-hybridized carbons (Fsp3) is 0.667. The summed E-state index contributed by atoms with van der Waals surface area (Å²) in [6, 6.07) is 0. The van der Waals surface area contributed by atoms with Crippen molar-refractivity contribution in [3.05, 3.63) is 16.1 Å². The number of rotatable bonds is 5. The minimum Gasteiger partial charge on any atom is -0.354 e. The van der Waals surface area contributed by atoms with E-state index in [0.29, 0.717) is 12.5 Å². The topological polar surface area (TPSA) is 68.0 Å². The first-order valence-corrected chi connectivity index (χ1v) is 6.70. The summed E-state index contributed by atoms with van der Waals surface area (Å²) in [5.74, 6) is 0.336. The van der Waals surface area contributed by atoms with Crippen LogP contribution >= 0.6 is 11.3 Å². The lowest BCUT2D eigenvalue weighted by molar-refractivity contribution is -0.125. The minimum absolute atomic E-state index is 0.128. The predicted molar refractivity (Wildman–Crippen MR) is 71.2 cm³/mol. The van der Waals surface area contributed by atoms with Gasteiger partial charge in [0.25, 0.3) is 0 Å². The molecular formula is C12H21N3OS. The first-order valence-electron chi connectivity index (χ1n) is 5.82. The molecule has 4 nitrogen and oxygen atoms in total. The molecule has 0 aliphatic heterocycles. The third-order valence-electron chi connectivity index (χ3n) is 2.32. The second kappa shape index (κ2) is 5.60. The van der Waals surface area contributed by atoms with Crippen LogP contribution in [-0.2, 0) is 11.2 Å². The van der Waals surface area contributed by atoms with Gasteiger partial charge in [-0.1, -0.05) is 13.8 Å². The van der Waals surface area contributed by atoms with Crippen molar-refractivity contribution in [2.75, 3.05) is 6.54 Å². The number of nitrogens with one attached hydrogen (secondary N) is 1. The Morgan fingerprint density at radius 1 is 1.59 bits per heavy atom. The van der Waals surface area contributed by atoms with Gasteiger partial charge in [0, 0.05) is 24.3 Å².